The second kappa shape index (κ2) is 6.38. The maximum absolute atomic E-state index is 12.9. The highest BCUT2D eigenvalue weighted by Crippen LogP contribution is 2.22. The van der Waals surface area contributed by atoms with Crippen LogP contribution in [0.3, 0.4) is 0 Å². The maximum Gasteiger partial charge on any atom is 0.344 e. The lowest BCUT2D eigenvalue weighted by atomic mass is 10.1. The second-order valence-corrected chi connectivity index (χ2v) is 4.65. The number of aryl methyl sites for hydroxylation is 2. The first-order chi connectivity index (χ1) is 10.4. The minimum Gasteiger partial charge on any atom is -0.444 e. The third-order valence-corrected chi connectivity index (χ3v) is 3.13. The molecule has 0 aliphatic rings. The zero-order valence-corrected chi connectivity index (χ0v) is 12.1. The molecule has 7 heteroatoms. The molecule has 2 rings (SSSR count). The standard InChI is InChI=1S/C15H15FN2O4/c1-3-11-12(8(2)22-18-11)15(20)21-13(14(17)19)9-4-6-10(16)7-5-9/h4-7,13H,3H2,1-2H3,(H2,17,19). The van der Waals surface area contributed by atoms with E-state index in [2.05, 4.69) is 5.16 Å². The van der Waals surface area contributed by atoms with Gasteiger partial charge in [-0.05, 0) is 25.5 Å². The number of primary amides is 1. The van der Waals surface area contributed by atoms with Gasteiger partial charge in [0.05, 0.1) is 5.69 Å². The average molecular weight is 306 g/mol. The smallest absolute Gasteiger partial charge is 0.344 e. The number of halogens is 1. The molecule has 116 valence electrons. The zero-order chi connectivity index (χ0) is 16.3. The van der Waals surface area contributed by atoms with Crippen molar-refractivity contribution in [3.8, 4) is 0 Å². The first-order valence-electron chi connectivity index (χ1n) is 6.65. The molecule has 1 aromatic heterocycles. The Bertz CT molecular complexity index is 694. The maximum atomic E-state index is 12.9. The van der Waals surface area contributed by atoms with Gasteiger partial charge in [0.15, 0.2) is 0 Å². The van der Waals surface area contributed by atoms with E-state index in [4.69, 9.17) is 15.0 Å². The Morgan fingerprint density at radius 1 is 1.36 bits per heavy atom. The summed E-state index contributed by atoms with van der Waals surface area (Å²) >= 11 is 0. The number of hydrogen-bond donors (Lipinski definition) is 1. The fourth-order valence-corrected chi connectivity index (χ4v) is 2.01. The monoisotopic (exact) mass is 306 g/mol. The predicted octanol–water partition coefficient (Wildman–Crippen LogP) is 2.07. The molecule has 1 unspecified atom stereocenters. The molecule has 0 aliphatic carbocycles. The third-order valence-electron chi connectivity index (χ3n) is 3.13. The van der Waals surface area contributed by atoms with Crippen LogP contribution in [0.25, 0.3) is 0 Å². The molecule has 0 radical (unpaired) electrons. The van der Waals surface area contributed by atoms with Crippen molar-refractivity contribution in [2.24, 2.45) is 5.73 Å². The van der Waals surface area contributed by atoms with Gasteiger partial charge < -0.3 is 15.0 Å². The van der Waals surface area contributed by atoms with Gasteiger partial charge in [-0.15, -0.1) is 0 Å². The highest BCUT2D eigenvalue weighted by atomic mass is 19.1. The van der Waals surface area contributed by atoms with Crippen molar-refractivity contribution in [1.29, 1.82) is 0 Å². The van der Waals surface area contributed by atoms with Crippen molar-refractivity contribution in [1.82, 2.24) is 5.16 Å². The van der Waals surface area contributed by atoms with Gasteiger partial charge >= 0.3 is 5.97 Å². The molecule has 0 fully saturated rings. The number of hydrogen-bond acceptors (Lipinski definition) is 5. The van der Waals surface area contributed by atoms with Gasteiger partial charge in [0, 0.05) is 5.56 Å². The summed E-state index contributed by atoms with van der Waals surface area (Å²) in [5.74, 6) is -1.79. The predicted molar refractivity (Wildman–Crippen MR) is 74.4 cm³/mol. The summed E-state index contributed by atoms with van der Waals surface area (Å²) in [5, 5.41) is 3.75. The molecule has 1 amide bonds. The van der Waals surface area contributed by atoms with E-state index in [0.717, 1.165) is 12.1 Å². The Morgan fingerprint density at radius 3 is 2.55 bits per heavy atom. The second-order valence-electron chi connectivity index (χ2n) is 4.65. The first kappa shape index (κ1) is 15.7. The summed E-state index contributed by atoms with van der Waals surface area (Å²) in [4.78, 5) is 23.8. The summed E-state index contributed by atoms with van der Waals surface area (Å²) in [6.45, 7) is 3.37. The largest absolute Gasteiger partial charge is 0.444 e. The van der Waals surface area contributed by atoms with E-state index in [9.17, 15) is 14.0 Å². The molecule has 2 N–H and O–H groups in total. The van der Waals surface area contributed by atoms with Gasteiger partial charge in [-0.3, -0.25) is 4.79 Å². The van der Waals surface area contributed by atoms with Crippen molar-refractivity contribution < 1.29 is 23.2 Å². The number of nitrogens with zero attached hydrogens (tertiary/aromatic N) is 1. The molecule has 1 aromatic carbocycles. The highest BCUT2D eigenvalue weighted by molar-refractivity contribution is 5.94. The van der Waals surface area contributed by atoms with Crippen LogP contribution in [0.5, 0.6) is 0 Å². The van der Waals surface area contributed by atoms with Crippen molar-refractivity contribution in [2.75, 3.05) is 0 Å². The van der Waals surface area contributed by atoms with Crippen molar-refractivity contribution >= 4 is 11.9 Å². The fourth-order valence-electron chi connectivity index (χ4n) is 2.01. The summed E-state index contributed by atoms with van der Waals surface area (Å²) < 4.78 is 23.1. The fraction of sp³-hybridized carbons (Fsp3) is 0.267. The summed E-state index contributed by atoms with van der Waals surface area (Å²) in [6, 6.07) is 4.97. The van der Waals surface area contributed by atoms with Crippen molar-refractivity contribution in [3.63, 3.8) is 0 Å². The molecule has 22 heavy (non-hydrogen) atoms. The topological polar surface area (TPSA) is 95.4 Å². The van der Waals surface area contributed by atoms with Crippen LogP contribution in [0.1, 0.15) is 40.4 Å². The van der Waals surface area contributed by atoms with Gasteiger partial charge in [-0.2, -0.15) is 0 Å². The number of carbonyl (C=O) groups is 2. The van der Waals surface area contributed by atoms with Crippen LogP contribution in [0.4, 0.5) is 4.39 Å². The minimum atomic E-state index is -1.31. The Hall–Kier alpha value is -2.70. The summed E-state index contributed by atoms with van der Waals surface area (Å²) in [7, 11) is 0. The lowest BCUT2D eigenvalue weighted by Gasteiger charge is -2.15. The molecule has 0 saturated heterocycles. The van der Waals surface area contributed by atoms with Gasteiger partial charge in [-0.1, -0.05) is 24.2 Å². The van der Waals surface area contributed by atoms with Gasteiger partial charge in [0.1, 0.15) is 17.1 Å². The number of benzene rings is 1. The van der Waals surface area contributed by atoms with E-state index < -0.39 is 23.8 Å². The number of carbonyl (C=O) groups excluding carboxylic acids is 2. The van der Waals surface area contributed by atoms with Gasteiger partial charge in [-0.25, -0.2) is 9.18 Å². The van der Waals surface area contributed by atoms with Crippen molar-refractivity contribution in [2.45, 2.75) is 26.4 Å². The van der Waals surface area contributed by atoms with Gasteiger partial charge in [0.2, 0.25) is 6.10 Å². The van der Waals surface area contributed by atoms with Crippen LogP contribution in [0.15, 0.2) is 28.8 Å². The third kappa shape index (κ3) is 3.13. The van der Waals surface area contributed by atoms with E-state index in [1.807, 2.05) is 0 Å². The molecular weight excluding hydrogens is 291 g/mol. The molecule has 0 aliphatic heterocycles. The molecule has 2 aromatic rings. The lowest BCUT2D eigenvalue weighted by molar-refractivity contribution is -0.127. The zero-order valence-electron chi connectivity index (χ0n) is 12.1. The number of ether oxygens (including phenoxy) is 1. The minimum absolute atomic E-state index is 0.177. The number of esters is 1. The normalized spacial score (nSPS) is 12.0. The van der Waals surface area contributed by atoms with Crippen LogP contribution in [-0.2, 0) is 16.0 Å². The molecule has 0 bridgehead atoms. The number of amides is 1. The average Bonchev–Trinajstić information content (AvgIpc) is 2.86. The Balaban J connectivity index is 2.28. The number of nitrogens with two attached hydrogens (primary N) is 1. The van der Waals surface area contributed by atoms with Crippen LogP contribution in [0, 0.1) is 12.7 Å². The molecule has 0 saturated carbocycles. The molecule has 0 spiro atoms. The molecule has 1 heterocycles. The van der Waals surface area contributed by atoms with Crippen molar-refractivity contribution in [3.05, 3.63) is 52.7 Å². The lowest BCUT2D eigenvalue weighted by Crippen LogP contribution is -2.26. The highest BCUT2D eigenvalue weighted by Gasteiger charge is 2.27. The quantitative estimate of drug-likeness (QED) is 0.853. The molecule has 1 atom stereocenters. The van der Waals surface area contributed by atoms with E-state index in [0.29, 0.717) is 17.9 Å². The van der Waals surface area contributed by atoms with Crippen LogP contribution >= 0.6 is 0 Å². The number of aromatic nitrogens is 1. The summed E-state index contributed by atoms with van der Waals surface area (Å²) in [6.07, 6.45) is -0.841. The van der Waals surface area contributed by atoms with Crippen LogP contribution in [0.2, 0.25) is 0 Å². The van der Waals surface area contributed by atoms with E-state index >= 15 is 0 Å². The molecule has 6 nitrogen and oxygen atoms in total. The van der Waals surface area contributed by atoms with E-state index in [1.165, 1.54) is 12.1 Å². The SMILES string of the molecule is CCc1noc(C)c1C(=O)OC(C(N)=O)c1ccc(F)cc1. The Labute approximate surface area is 126 Å². The number of rotatable bonds is 5. The van der Waals surface area contributed by atoms with Crippen LogP contribution in [-0.4, -0.2) is 17.0 Å². The van der Waals surface area contributed by atoms with Crippen LogP contribution < -0.4 is 5.73 Å². The van der Waals surface area contributed by atoms with Gasteiger partial charge in [0.25, 0.3) is 5.91 Å². The summed E-state index contributed by atoms with van der Waals surface area (Å²) in [5.41, 5.74) is 6.17. The Morgan fingerprint density at radius 2 is 2.00 bits per heavy atom. The Kier molecular flexibility index (Phi) is 4.55. The van der Waals surface area contributed by atoms with E-state index in [-0.39, 0.29) is 11.1 Å². The molecular formula is C15H15FN2O4. The first-order valence-corrected chi connectivity index (χ1v) is 6.65. The van der Waals surface area contributed by atoms with E-state index in [1.54, 1.807) is 13.8 Å².